The normalized spacial score (nSPS) is 16.0. The molecule has 0 aromatic carbocycles. The number of fused-ring (bicyclic) bond motifs is 1. The van der Waals surface area contributed by atoms with Gasteiger partial charge in [-0.15, -0.1) is 0 Å². The van der Waals surface area contributed by atoms with E-state index in [1.54, 1.807) is 12.3 Å². The smallest absolute Gasteiger partial charge is 0.262 e. The van der Waals surface area contributed by atoms with Crippen LogP contribution in [0.25, 0.3) is 5.70 Å². The van der Waals surface area contributed by atoms with Crippen molar-refractivity contribution in [1.29, 1.82) is 0 Å². The van der Waals surface area contributed by atoms with E-state index in [1.807, 2.05) is 29.2 Å². The molecule has 8 heteroatoms. The van der Waals surface area contributed by atoms with Crippen LogP contribution >= 0.6 is 0 Å². The summed E-state index contributed by atoms with van der Waals surface area (Å²) in [5.41, 5.74) is 7.77. The summed E-state index contributed by atoms with van der Waals surface area (Å²) in [6, 6.07) is 9.48. The predicted octanol–water partition coefficient (Wildman–Crippen LogP) is 3.75. The van der Waals surface area contributed by atoms with E-state index in [0.29, 0.717) is 29.6 Å². The van der Waals surface area contributed by atoms with Gasteiger partial charge in [-0.25, -0.2) is 18.7 Å². The highest BCUT2D eigenvalue weighted by Crippen LogP contribution is 2.34. The van der Waals surface area contributed by atoms with E-state index in [9.17, 15) is 8.78 Å². The molecule has 2 aromatic heterocycles. The lowest BCUT2D eigenvalue weighted by molar-refractivity contribution is 0.0267. The number of nitrogens with one attached hydrogen (secondary N) is 2. The summed E-state index contributed by atoms with van der Waals surface area (Å²) in [5.74, 6) is -0.794. The van der Waals surface area contributed by atoms with E-state index in [4.69, 9.17) is 10.7 Å². The molecule has 4 N–H and O–H groups in total. The number of halogens is 2. The van der Waals surface area contributed by atoms with Crippen LogP contribution < -0.4 is 21.3 Å². The van der Waals surface area contributed by atoms with Crippen LogP contribution in [0.15, 0.2) is 55.5 Å². The summed E-state index contributed by atoms with van der Waals surface area (Å²) in [5, 5.41) is 5.91. The summed E-state index contributed by atoms with van der Waals surface area (Å²) in [7, 11) is 0. The lowest BCUT2D eigenvalue weighted by Crippen LogP contribution is -2.42. The molecule has 0 radical (unpaired) electrons. The number of aromatic nitrogens is 2. The highest BCUT2D eigenvalue weighted by Gasteiger charge is 2.30. The third-order valence-electron chi connectivity index (χ3n) is 4.95. The number of pyridine rings is 2. The average Bonchev–Trinajstić information content (AvgIpc) is 2.71. The standard InChI is InChI=1S/C22H28F2N6/c1-15(27-14-22(3,23)24)19-10-8-17-7-9-18(11-12-25)30(21(17)29-19)16(2)28-20-6-4-5-13-26-20/h4-6,8,10,13,18,27H,1-2,7,9,11-12,14,25H2,3H3,(H,26,28)/t18-/m1/s1. The molecule has 1 aliphatic heterocycles. The molecule has 0 spiro atoms. The van der Waals surface area contributed by atoms with Crippen molar-refractivity contribution in [2.45, 2.75) is 38.2 Å². The minimum atomic E-state index is -2.84. The first-order valence-electron chi connectivity index (χ1n) is 9.95. The van der Waals surface area contributed by atoms with Crippen molar-refractivity contribution in [1.82, 2.24) is 15.3 Å². The Balaban J connectivity index is 1.89. The molecule has 0 bridgehead atoms. The van der Waals surface area contributed by atoms with Crippen molar-refractivity contribution in [3.05, 3.63) is 66.8 Å². The molecule has 6 nitrogen and oxygen atoms in total. The largest absolute Gasteiger partial charge is 0.378 e. The van der Waals surface area contributed by atoms with Crippen molar-refractivity contribution < 1.29 is 8.78 Å². The maximum absolute atomic E-state index is 13.2. The molecule has 0 amide bonds. The van der Waals surface area contributed by atoms with Crippen LogP contribution in [0, 0.1) is 0 Å². The second kappa shape index (κ2) is 9.21. The lowest BCUT2D eigenvalue weighted by Gasteiger charge is -2.39. The fourth-order valence-corrected chi connectivity index (χ4v) is 3.48. The summed E-state index contributed by atoms with van der Waals surface area (Å²) in [4.78, 5) is 11.1. The second-order valence-electron chi connectivity index (χ2n) is 7.51. The van der Waals surface area contributed by atoms with Crippen LogP contribution in [-0.2, 0) is 6.42 Å². The monoisotopic (exact) mass is 414 g/mol. The minimum Gasteiger partial charge on any atom is -0.378 e. The third kappa shape index (κ3) is 5.33. The van der Waals surface area contributed by atoms with Gasteiger partial charge in [-0.3, -0.25) is 0 Å². The van der Waals surface area contributed by atoms with E-state index < -0.39 is 12.5 Å². The quantitative estimate of drug-likeness (QED) is 0.580. The maximum atomic E-state index is 13.2. The van der Waals surface area contributed by atoms with Gasteiger partial charge in [-0.2, -0.15) is 0 Å². The average molecular weight is 415 g/mol. The number of anilines is 2. The zero-order valence-corrected chi connectivity index (χ0v) is 17.2. The highest BCUT2D eigenvalue weighted by molar-refractivity contribution is 5.65. The number of aryl methyl sites for hydroxylation is 1. The van der Waals surface area contributed by atoms with Gasteiger partial charge in [0, 0.05) is 19.2 Å². The molecule has 30 heavy (non-hydrogen) atoms. The number of hydrogen-bond donors (Lipinski definition) is 3. The Morgan fingerprint density at radius 3 is 2.77 bits per heavy atom. The van der Waals surface area contributed by atoms with Gasteiger partial charge in [0.2, 0.25) is 0 Å². The molecule has 3 rings (SSSR count). The van der Waals surface area contributed by atoms with Crippen molar-refractivity contribution >= 4 is 17.3 Å². The van der Waals surface area contributed by atoms with Gasteiger partial charge in [-0.05, 0) is 49.6 Å². The third-order valence-corrected chi connectivity index (χ3v) is 4.95. The van der Waals surface area contributed by atoms with Gasteiger partial charge in [-0.1, -0.05) is 25.3 Å². The summed E-state index contributed by atoms with van der Waals surface area (Å²) in [6.45, 7) is 8.98. The number of nitrogens with zero attached hydrogens (tertiary/aromatic N) is 3. The van der Waals surface area contributed by atoms with Crippen LogP contribution in [0.5, 0.6) is 0 Å². The highest BCUT2D eigenvalue weighted by atomic mass is 19.3. The maximum Gasteiger partial charge on any atom is 0.262 e. The first kappa shape index (κ1) is 21.7. The van der Waals surface area contributed by atoms with Crippen LogP contribution in [0.4, 0.5) is 20.4 Å². The van der Waals surface area contributed by atoms with Crippen molar-refractivity contribution in [3.63, 3.8) is 0 Å². The van der Waals surface area contributed by atoms with Gasteiger partial charge >= 0.3 is 0 Å². The van der Waals surface area contributed by atoms with Crippen molar-refractivity contribution in [2.75, 3.05) is 23.3 Å². The fourth-order valence-electron chi connectivity index (χ4n) is 3.48. The summed E-state index contributed by atoms with van der Waals surface area (Å²) in [6.07, 6.45) is 4.24. The summed E-state index contributed by atoms with van der Waals surface area (Å²) < 4.78 is 26.4. The summed E-state index contributed by atoms with van der Waals surface area (Å²) >= 11 is 0. The minimum absolute atomic E-state index is 0.121. The second-order valence-corrected chi connectivity index (χ2v) is 7.51. The van der Waals surface area contributed by atoms with Gasteiger partial charge < -0.3 is 21.3 Å². The Morgan fingerprint density at radius 2 is 2.10 bits per heavy atom. The molecule has 0 saturated carbocycles. The Bertz CT molecular complexity index is 894. The number of hydrogen-bond acceptors (Lipinski definition) is 6. The SMILES string of the molecule is C=C(NCC(C)(F)F)c1ccc2c(n1)N(C(=C)Nc1ccccn1)[C@@H](CCN)CC2. The van der Waals surface area contributed by atoms with E-state index in [0.717, 1.165) is 37.6 Å². The molecule has 3 heterocycles. The van der Waals surface area contributed by atoms with Gasteiger partial charge in [0.15, 0.2) is 0 Å². The molecule has 0 unspecified atom stereocenters. The number of rotatable bonds is 9. The number of nitrogens with two attached hydrogens (primary N) is 1. The molecule has 0 saturated heterocycles. The fraction of sp³-hybridized carbons (Fsp3) is 0.364. The Kier molecular flexibility index (Phi) is 6.66. The van der Waals surface area contributed by atoms with Crippen LogP contribution in [0.2, 0.25) is 0 Å². The van der Waals surface area contributed by atoms with Gasteiger partial charge in [0.25, 0.3) is 5.92 Å². The van der Waals surface area contributed by atoms with E-state index in [-0.39, 0.29) is 6.04 Å². The molecule has 160 valence electrons. The predicted molar refractivity (Wildman–Crippen MR) is 117 cm³/mol. The molecule has 1 atom stereocenters. The Hall–Kier alpha value is -3.00. The van der Waals surface area contributed by atoms with Crippen molar-refractivity contribution in [3.8, 4) is 0 Å². The molecule has 0 fully saturated rings. The Labute approximate surface area is 175 Å². The van der Waals surface area contributed by atoms with E-state index in [1.165, 1.54) is 0 Å². The van der Waals surface area contributed by atoms with Crippen LogP contribution in [0.3, 0.4) is 0 Å². The molecule has 1 aliphatic rings. The van der Waals surface area contributed by atoms with E-state index >= 15 is 0 Å². The molecule has 0 aliphatic carbocycles. The lowest BCUT2D eigenvalue weighted by atomic mass is 9.96. The molecular weight excluding hydrogens is 386 g/mol. The Morgan fingerprint density at radius 1 is 1.30 bits per heavy atom. The van der Waals surface area contributed by atoms with Crippen LogP contribution in [0.1, 0.15) is 31.0 Å². The first-order valence-corrected chi connectivity index (χ1v) is 9.95. The zero-order chi connectivity index (χ0) is 21.7. The molecular formula is C22H28F2N6. The molecule has 2 aromatic rings. The van der Waals surface area contributed by atoms with Gasteiger partial charge in [0.05, 0.1) is 17.9 Å². The zero-order valence-electron chi connectivity index (χ0n) is 17.2. The number of alkyl halides is 2. The van der Waals surface area contributed by atoms with Gasteiger partial charge in [0.1, 0.15) is 17.5 Å². The van der Waals surface area contributed by atoms with Crippen molar-refractivity contribution in [2.24, 2.45) is 5.73 Å². The van der Waals surface area contributed by atoms with Crippen LogP contribution in [-0.4, -0.2) is 35.0 Å². The van der Waals surface area contributed by atoms with E-state index in [2.05, 4.69) is 28.8 Å². The topological polar surface area (TPSA) is 79.1 Å². The first-order chi connectivity index (χ1) is 14.3.